The van der Waals surface area contributed by atoms with Gasteiger partial charge in [-0.3, -0.25) is 4.79 Å². The van der Waals surface area contributed by atoms with E-state index >= 15 is 0 Å². The molecule has 1 aliphatic carbocycles. The van der Waals surface area contributed by atoms with E-state index in [1.807, 2.05) is 36.4 Å². The highest BCUT2D eigenvalue weighted by Gasteiger charge is 2.30. The predicted molar refractivity (Wildman–Crippen MR) is 86.4 cm³/mol. The zero-order valence-corrected chi connectivity index (χ0v) is 12.7. The Balaban J connectivity index is 1.60. The van der Waals surface area contributed by atoms with E-state index in [1.54, 1.807) is 6.07 Å². The summed E-state index contributed by atoms with van der Waals surface area (Å²) in [5.41, 5.74) is 0. The summed E-state index contributed by atoms with van der Waals surface area (Å²) < 4.78 is 5.58. The molecular weight excluding hydrogens is 294 g/mol. The van der Waals surface area contributed by atoms with Crippen LogP contribution in [0.5, 0.6) is 5.75 Å². The van der Waals surface area contributed by atoms with Crippen molar-refractivity contribution >= 4 is 22.6 Å². The smallest absolute Gasteiger partial charge is 0.326 e. The van der Waals surface area contributed by atoms with Gasteiger partial charge in [0.1, 0.15) is 11.8 Å². The Kier molecular flexibility index (Phi) is 4.46. The third kappa shape index (κ3) is 4.00. The van der Waals surface area contributed by atoms with Crippen LogP contribution in [0.4, 0.5) is 0 Å². The maximum atomic E-state index is 12.0. The fourth-order valence-corrected chi connectivity index (χ4v) is 2.61. The van der Waals surface area contributed by atoms with Crippen LogP contribution in [-0.2, 0) is 9.59 Å². The highest BCUT2D eigenvalue weighted by Crippen LogP contribution is 2.33. The van der Waals surface area contributed by atoms with Crippen LogP contribution in [0.1, 0.15) is 19.3 Å². The largest absolute Gasteiger partial charge is 0.483 e. The summed E-state index contributed by atoms with van der Waals surface area (Å²) in [4.78, 5) is 23.2. The second-order valence-electron chi connectivity index (χ2n) is 5.90. The molecule has 23 heavy (non-hydrogen) atoms. The summed E-state index contributed by atoms with van der Waals surface area (Å²) >= 11 is 0. The molecule has 2 aromatic carbocycles. The molecule has 3 rings (SSSR count). The first-order valence-corrected chi connectivity index (χ1v) is 7.76. The lowest BCUT2D eigenvalue weighted by atomic mass is 10.1. The molecule has 0 radical (unpaired) electrons. The number of amides is 1. The molecule has 0 spiro atoms. The fraction of sp³-hybridized carbons (Fsp3) is 0.333. The predicted octanol–water partition coefficient (Wildman–Crippen LogP) is 2.59. The molecule has 5 heteroatoms. The van der Waals surface area contributed by atoms with Gasteiger partial charge in [-0.1, -0.05) is 49.2 Å². The SMILES string of the molecule is O=C(COc1cccc2ccccc12)NC(CC1CC1)C(=O)O. The van der Waals surface area contributed by atoms with E-state index in [2.05, 4.69) is 5.32 Å². The zero-order chi connectivity index (χ0) is 16.2. The Morgan fingerprint density at radius 3 is 2.65 bits per heavy atom. The third-order valence-corrected chi connectivity index (χ3v) is 4.01. The molecule has 1 saturated carbocycles. The van der Waals surface area contributed by atoms with Crippen molar-refractivity contribution in [1.29, 1.82) is 0 Å². The van der Waals surface area contributed by atoms with Crippen molar-refractivity contribution in [2.75, 3.05) is 6.61 Å². The van der Waals surface area contributed by atoms with Crippen molar-refractivity contribution in [3.05, 3.63) is 42.5 Å². The molecule has 1 amide bonds. The van der Waals surface area contributed by atoms with Crippen LogP contribution in [0.15, 0.2) is 42.5 Å². The van der Waals surface area contributed by atoms with Crippen LogP contribution in [0.25, 0.3) is 10.8 Å². The lowest BCUT2D eigenvalue weighted by molar-refractivity contribution is -0.142. The average molecular weight is 313 g/mol. The van der Waals surface area contributed by atoms with Gasteiger partial charge in [-0.2, -0.15) is 0 Å². The Morgan fingerprint density at radius 2 is 1.91 bits per heavy atom. The fourth-order valence-electron chi connectivity index (χ4n) is 2.61. The lowest BCUT2D eigenvalue weighted by Crippen LogP contribution is -2.43. The molecule has 5 nitrogen and oxygen atoms in total. The number of rotatable bonds is 7. The Bertz CT molecular complexity index is 719. The van der Waals surface area contributed by atoms with E-state index in [0.717, 1.165) is 23.6 Å². The summed E-state index contributed by atoms with van der Waals surface area (Å²) in [6.07, 6.45) is 2.59. The molecule has 0 bridgehead atoms. The number of carboxylic acid groups (broad SMARTS) is 1. The highest BCUT2D eigenvalue weighted by atomic mass is 16.5. The molecule has 120 valence electrons. The molecule has 2 N–H and O–H groups in total. The minimum absolute atomic E-state index is 0.192. The molecule has 1 atom stereocenters. The van der Waals surface area contributed by atoms with Crippen molar-refractivity contribution in [3.8, 4) is 5.75 Å². The number of nitrogens with one attached hydrogen (secondary N) is 1. The summed E-state index contributed by atoms with van der Waals surface area (Å²) in [5.74, 6) is -0.357. The minimum Gasteiger partial charge on any atom is -0.483 e. The van der Waals surface area contributed by atoms with Gasteiger partial charge in [0.05, 0.1) is 0 Å². The number of benzene rings is 2. The first kappa shape index (κ1) is 15.3. The molecule has 0 saturated heterocycles. The third-order valence-electron chi connectivity index (χ3n) is 4.01. The molecular formula is C18H19NO4. The number of carboxylic acids is 1. The quantitative estimate of drug-likeness (QED) is 0.824. The summed E-state index contributed by atoms with van der Waals surface area (Å²) in [5, 5.41) is 13.7. The Labute approximate surface area is 134 Å². The molecule has 1 unspecified atom stereocenters. The second kappa shape index (κ2) is 6.69. The summed E-state index contributed by atoms with van der Waals surface area (Å²) in [6, 6.07) is 12.6. The van der Waals surface area contributed by atoms with Crippen molar-refractivity contribution in [1.82, 2.24) is 5.32 Å². The Hall–Kier alpha value is -2.56. The molecule has 0 aromatic heterocycles. The number of hydrogen-bond donors (Lipinski definition) is 2. The Morgan fingerprint density at radius 1 is 1.17 bits per heavy atom. The number of ether oxygens (including phenoxy) is 1. The maximum Gasteiger partial charge on any atom is 0.326 e. The van der Waals surface area contributed by atoms with Gasteiger partial charge in [-0.15, -0.1) is 0 Å². The number of fused-ring (bicyclic) bond motifs is 1. The summed E-state index contributed by atoms with van der Waals surface area (Å²) in [7, 11) is 0. The molecule has 2 aromatic rings. The van der Waals surface area contributed by atoms with E-state index in [4.69, 9.17) is 9.84 Å². The number of aliphatic carboxylic acids is 1. The molecule has 0 aliphatic heterocycles. The van der Waals surface area contributed by atoms with Gasteiger partial charge in [-0.05, 0) is 23.8 Å². The van der Waals surface area contributed by atoms with Crippen LogP contribution in [0, 0.1) is 5.92 Å². The first-order valence-electron chi connectivity index (χ1n) is 7.76. The van der Waals surface area contributed by atoms with Gasteiger partial charge in [0.15, 0.2) is 6.61 Å². The molecule has 1 aliphatic rings. The summed E-state index contributed by atoms with van der Waals surface area (Å²) in [6.45, 7) is -0.192. The van der Waals surface area contributed by atoms with E-state index < -0.39 is 17.9 Å². The minimum atomic E-state index is -0.990. The molecule has 0 heterocycles. The molecule has 1 fully saturated rings. The number of carbonyl (C=O) groups is 2. The maximum absolute atomic E-state index is 12.0. The van der Waals surface area contributed by atoms with Crippen LogP contribution in [0.3, 0.4) is 0 Å². The van der Waals surface area contributed by atoms with Crippen LogP contribution in [0.2, 0.25) is 0 Å². The van der Waals surface area contributed by atoms with Crippen LogP contribution in [-0.4, -0.2) is 29.6 Å². The van der Waals surface area contributed by atoms with E-state index in [1.165, 1.54) is 0 Å². The average Bonchev–Trinajstić information content (AvgIpc) is 3.36. The van der Waals surface area contributed by atoms with Gasteiger partial charge in [0.25, 0.3) is 5.91 Å². The van der Waals surface area contributed by atoms with Gasteiger partial charge < -0.3 is 15.2 Å². The second-order valence-corrected chi connectivity index (χ2v) is 5.90. The lowest BCUT2D eigenvalue weighted by Gasteiger charge is -2.15. The van der Waals surface area contributed by atoms with Gasteiger partial charge >= 0.3 is 5.97 Å². The van der Waals surface area contributed by atoms with Gasteiger partial charge in [0, 0.05) is 5.39 Å². The van der Waals surface area contributed by atoms with Crippen LogP contribution >= 0.6 is 0 Å². The van der Waals surface area contributed by atoms with Crippen molar-refractivity contribution < 1.29 is 19.4 Å². The van der Waals surface area contributed by atoms with Crippen molar-refractivity contribution in [2.24, 2.45) is 5.92 Å². The van der Waals surface area contributed by atoms with E-state index in [-0.39, 0.29) is 6.61 Å². The van der Waals surface area contributed by atoms with Crippen molar-refractivity contribution in [2.45, 2.75) is 25.3 Å². The van der Waals surface area contributed by atoms with E-state index in [9.17, 15) is 9.59 Å². The van der Waals surface area contributed by atoms with Crippen molar-refractivity contribution in [3.63, 3.8) is 0 Å². The van der Waals surface area contributed by atoms with Gasteiger partial charge in [-0.25, -0.2) is 4.79 Å². The zero-order valence-electron chi connectivity index (χ0n) is 12.7. The highest BCUT2D eigenvalue weighted by molar-refractivity contribution is 5.89. The van der Waals surface area contributed by atoms with Crippen LogP contribution < -0.4 is 10.1 Å². The van der Waals surface area contributed by atoms with E-state index in [0.29, 0.717) is 18.1 Å². The standard InChI is InChI=1S/C18H19NO4/c20-17(19-15(18(21)22)10-12-8-9-12)11-23-16-7-3-5-13-4-1-2-6-14(13)16/h1-7,12,15H,8-11H2,(H,19,20)(H,21,22). The number of hydrogen-bond acceptors (Lipinski definition) is 3. The number of carbonyl (C=O) groups excluding carboxylic acids is 1. The first-order chi connectivity index (χ1) is 11.1. The normalized spacial score (nSPS) is 15.1. The van der Waals surface area contributed by atoms with Gasteiger partial charge in [0.2, 0.25) is 0 Å². The topological polar surface area (TPSA) is 75.6 Å². The monoisotopic (exact) mass is 313 g/mol.